The minimum atomic E-state index is -0.821. The van der Waals surface area contributed by atoms with Crippen LogP contribution < -0.4 is 16.0 Å². The van der Waals surface area contributed by atoms with E-state index in [1.165, 1.54) is 0 Å². The third-order valence-corrected chi connectivity index (χ3v) is 5.93. The molecular formula is C19H30N4O4. The molecule has 1 spiro atoms. The number of urea groups is 1. The molecule has 1 unspecified atom stereocenters. The van der Waals surface area contributed by atoms with E-state index in [0.29, 0.717) is 51.0 Å². The molecule has 8 heteroatoms. The minimum Gasteiger partial charge on any atom is -0.352 e. The van der Waals surface area contributed by atoms with E-state index < -0.39 is 17.6 Å². The lowest BCUT2D eigenvalue weighted by Crippen LogP contribution is -2.56. The number of amides is 5. The largest absolute Gasteiger partial charge is 0.352 e. The Hall–Kier alpha value is -2.12. The fraction of sp³-hybridized carbons (Fsp3) is 0.789. The first-order valence-electron chi connectivity index (χ1n) is 10.0. The van der Waals surface area contributed by atoms with E-state index in [9.17, 15) is 19.2 Å². The van der Waals surface area contributed by atoms with Crippen molar-refractivity contribution in [3.63, 3.8) is 0 Å². The van der Waals surface area contributed by atoms with Gasteiger partial charge in [-0.2, -0.15) is 0 Å². The van der Waals surface area contributed by atoms with Crippen LogP contribution in [0.1, 0.15) is 65.2 Å². The van der Waals surface area contributed by atoms with Crippen LogP contribution in [-0.2, 0) is 14.4 Å². The summed E-state index contributed by atoms with van der Waals surface area (Å²) in [5.41, 5.74) is -0.821. The van der Waals surface area contributed by atoms with Gasteiger partial charge in [-0.15, -0.1) is 0 Å². The molecule has 3 N–H and O–H groups in total. The minimum absolute atomic E-state index is 0.0389. The summed E-state index contributed by atoms with van der Waals surface area (Å²) in [6.07, 6.45) is 5.26. The van der Waals surface area contributed by atoms with Crippen molar-refractivity contribution >= 4 is 23.8 Å². The van der Waals surface area contributed by atoms with E-state index in [1.54, 1.807) is 4.90 Å². The molecule has 2 heterocycles. The van der Waals surface area contributed by atoms with E-state index in [4.69, 9.17) is 0 Å². The highest BCUT2D eigenvalue weighted by molar-refractivity contribution is 6.07. The Morgan fingerprint density at radius 2 is 1.93 bits per heavy atom. The van der Waals surface area contributed by atoms with E-state index >= 15 is 0 Å². The van der Waals surface area contributed by atoms with Crippen molar-refractivity contribution in [1.82, 2.24) is 20.9 Å². The fourth-order valence-electron chi connectivity index (χ4n) is 4.41. The molecule has 0 aromatic heterocycles. The molecule has 1 atom stereocenters. The molecule has 3 rings (SSSR count). The molecule has 0 aromatic rings. The summed E-state index contributed by atoms with van der Waals surface area (Å²) in [7, 11) is 0. The number of likely N-dealkylation sites (tertiary alicyclic amines) is 1. The lowest BCUT2D eigenvalue weighted by molar-refractivity contribution is -0.143. The zero-order valence-corrected chi connectivity index (χ0v) is 16.2. The van der Waals surface area contributed by atoms with Crippen molar-refractivity contribution < 1.29 is 19.2 Å². The van der Waals surface area contributed by atoms with Crippen LogP contribution in [0.5, 0.6) is 0 Å². The van der Waals surface area contributed by atoms with Gasteiger partial charge in [0.2, 0.25) is 11.8 Å². The molecular weight excluding hydrogens is 348 g/mol. The monoisotopic (exact) mass is 378 g/mol. The first kappa shape index (κ1) is 19.6. The number of carbonyl (C=O) groups excluding carboxylic acids is 4. The third-order valence-electron chi connectivity index (χ3n) is 5.93. The second-order valence-electron chi connectivity index (χ2n) is 8.46. The summed E-state index contributed by atoms with van der Waals surface area (Å²) >= 11 is 0. The summed E-state index contributed by atoms with van der Waals surface area (Å²) in [6, 6.07) is -0.908. The predicted octanol–water partition coefficient (Wildman–Crippen LogP) is 1.05. The Bertz CT molecular complexity index is 625. The molecule has 1 aliphatic carbocycles. The third kappa shape index (κ3) is 4.25. The van der Waals surface area contributed by atoms with Crippen LogP contribution in [0.2, 0.25) is 0 Å². The van der Waals surface area contributed by atoms with E-state index in [1.807, 2.05) is 0 Å². The van der Waals surface area contributed by atoms with Crippen LogP contribution in [0.25, 0.3) is 0 Å². The van der Waals surface area contributed by atoms with Crippen molar-refractivity contribution in [1.29, 1.82) is 0 Å². The maximum atomic E-state index is 13.0. The van der Waals surface area contributed by atoms with Crippen LogP contribution in [0.15, 0.2) is 0 Å². The Kier molecular flexibility index (Phi) is 5.72. The molecule has 27 heavy (non-hydrogen) atoms. The molecule has 2 aliphatic heterocycles. The van der Waals surface area contributed by atoms with Crippen molar-refractivity contribution in [3.05, 3.63) is 0 Å². The Labute approximate surface area is 159 Å². The van der Waals surface area contributed by atoms with Gasteiger partial charge in [0.1, 0.15) is 11.6 Å². The highest BCUT2D eigenvalue weighted by Crippen LogP contribution is 2.31. The van der Waals surface area contributed by atoms with Gasteiger partial charge in [-0.1, -0.05) is 13.8 Å². The van der Waals surface area contributed by atoms with Gasteiger partial charge in [0.15, 0.2) is 0 Å². The molecule has 0 radical (unpaired) electrons. The Morgan fingerprint density at radius 3 is 2.48 bits per heavy atom. The molecule has 0 bridgehead atoms. The number of nitrogens with one attached hydrogen (secondary N) is 3. The van der Waals surface area contributed by atoms with Gasteiger partial charge in [0, 0.05) is 19.0 Å². The van der Waals surface area contributed by atoms with Gasteiger partial charge < -0.3 is 15.5 Å². The summed E-state index contributed by atoms with van der Waals surface area (Å²) in [4.78, 5) is 50.5. The van der Waals surface area contributed by atoms with Crippen molar-refractivity contribution in [2.75, 3.05) is 6.54 Å². The van der Waals surface area contributed by atoms with Gasteiger partial charge in [0.05, 0.1) is 0 Å². The summed E-state index contributed by atoms with van der Waals surface area (Å²) in [5.74, 6) is 0.00571. The topological polar surface area (TPSA) is 108 Å². The molecule has 2 saturated heterocycles. The van der Waals surface area contributed by atoms with Crippen LogP contribution in [0.4, 0.5) is 4.79 Å². The molecule has 8 nitrogen and oxygen atoms in total. The van der Waals surface area contributed by atoms with E-state index in [-0.39, 0.29) is 23.8 Å². The lowest BCUT2D eigenvalue weighted by atomic mass is 9.79. The van der Waals surface area contributed by atoms with Crippen LogP contribution >= 0.6 is 0 Å². The van der Waals surface area contributed by atoms with Gasteiger partial charge in [-0.25, -0.2) is 4.79 Å². The van der Waals surface area contributed by atoms with E-state index in [2.05, 4.69) is 29.8 Å². The molecule has 3 aliphatic rings. The van der Waals surface area contributed by atoms with Crippen molar-refractivity contribution in [3.8, 4) is 0 Å². The number of rotatable bonds is 5. The normalized spacial score (nSPS) is 29.7. The fourth-order valence-corrected chi connectivity index (χ4v) is 4.41. The number of hydrogen-bond donors (Lipinski definition) is 3. The van der Waals surface area contributed by atoms with Crippen molar-refractivity contribution in [2.45, 2.75) is 82.8 Å². The van der Waals surface area contributed by atoms with Crippen LogP contribution in [0, 0.1) is 5.92 Å². The molecule has 5 amide bonds. The number of imide groups is 1. The van der Waals surface area contributed by atoms with E-state index in [0.717, 1.165) is 12.8 Å². The maximum absolute atomic E-state index is 13.0. The zero-order valence-electron chi connectivity index (χ0n) is 16.2. The van der Waals surface area contributed by atoms with Gasteiger partial charge in [0.25, 0.3) is 5.91 Å². The number of hydrogen-bond acceptors (Lipinski definition) is 4. The number of carbonyl (C=O) groups is 4. The average molecular weight is 378 g/mol. The Balaban J connectivity index is 1.60. The van der Waals surface area contributed by atoms with Crippen LogP contribution in [0.3, 0.4) is 0 Å². The van der Waals surface area contributed by atoms with Gasteiger partial charge in [-0.3, -0.25) is 19.7 Å². The summed E-state index contributed by atoms with van der Waals surface area (Å²) < 4.78 is 0. The zero-order chi connectivity index (χ0) is 19.6. The lowest BCUT2D eigenvalue weighted by Gasteiger charge is -2.38. The molecule has 150 valence electrons. The summed E-state index contributed by atoms with van der Waals surface area (Å²) in [5, 5.41) is 8.13. The first-order chi connectivity index (χ1) is 12.8. The summed E-state index contributed by atoms with van der Waals surface area (Å²) in [6.45, 7) is 4.75. The second-order valence-corrected chi connectivity index (χ2v) is 8.46. The predicted molar refractivity (Wildman–Crippen MR) is 98.6 cm³/mol. The first-order valence-corrected chi connectivity index (χ1v) is 10.0. The second kappa shape index (κ2) is 7.86. The number of piperidine rings is 1. The maximum Gasteiger partial charge on any atom is 0.322 e. The molecule has 0 aromatic carbocycles. The molecule has 3 fully saturated rings. The highest BCUT2D eigenvalue weighted by Gasteiger charge is 2.48. The smallest absolute Gasteiger partial charge is 0.322 e. The van der Waals surface area contributed by atoms with Crippen molar-refractivity contribution in [2.24, 2.45) is 5.92 Å². The standard InChI is InChI=1S/C19H30N4O4/c1-12(2)11-14(23-10-4-3-5-15(23)24)16(25)20-13-6-8-19(9-7-13)17(26)21-18(27)22-19/h12-14H,3-11H2,1-2H3,(H,20,25)(H2,21,22,26,27). The average Bonchev–Trinajstić information content (AvgIpc) is 2.88. The van der Waals surface area contributed by atoms with Crippen LogP contribution in [-0.4, -0.2) is 52.8 Å². The highest BCUT2D eigenvalue weighted by atomic mass is 16.2. The van der Waals surface area contributed by atoms with Gasteiger partial charge >= 0.3 is 6.03 Å². The number of nitrogens with zero attached hydrogens (tertiary/aromatic N) is 1. The quantitative estimate of drug-likeness (QED) is 0.622. The SMILES string of the molecule is CC(C)CC(C(=O)NC1CCC2(CC1)NC(=O)NC2=O)N1CCCCC1=O. The van der Waals surface area contributed by atoms with Gasteiger partial charge in [-0.05, 0) is 50.9 Å². The molecule has 1 saturated carbocycles. The Morgan fingerprint density at radius 1 is 1.22 bits per heavy atom.